The Bertz CT molecular complexity index is 128. The molecule has 1 aliphatic carbocycles. The summed E-state index contributed by atoms with van der Waals surface area (Å²) >= 11 is 0. The maximum atomic E-state index is 9.43. The van der Waals surface area contributed by atoms with Crippen molar-refractivity contribution in [2.45, 2.75) is 45.3 Å². The van der Waals surface area contributed by atoms with Crippen LogP contribution >= 0.6 is 0 Å². The lowest BCUT2D eigenvalue weighted by Crippen LogP contribution is -2.23. The highest BCUT2D eigenvalue weighted by Gasteiger charge is 2.47. The summed E-state index contributed by atoms with van der Waals surface area (Å²) in [6.45, 7) is 3.94. The summed E-state index contributed by atoms with van der Waals surface area (Å²) in [5, 5.41) is 9.43. The summed E-state index contributed by atoms with van der Waals surface area (Å²) < 4.78 is 5.17. The molecule has 0 heterocycles. The largest absolute Gasteiger partial charge is 0.393 e. The van der Waals surface area contributed by atoms with Crippen LogP contribution in [-0.2, 0) is 4.74 Å². The Labute approximate surface area is 68.6 Å². The molecular weight excluding hydrogens is 140 g/mol. The Hall–Kier alpha value is -0.0800. The van der Waals surface area contributed by atoms with E-state index in [2.05, 4.69) is 6.92 Å². The Balaban J connectivity index is 2.35. The topological polar surface area (TPSA) is 29.5 Å². The second kappa shape index (κ2) is 3.11. The number of hydrogen-bond acceptors (Lipinski definition) is 2. The number of aliphatic hydroxyl groups excluding tert-OH is 1. The normalized spacial score (nSPS) is 26.2. The number of rotatable bonds is 4. The van der Waals surface area contributed by atoms with Crippen LogP contribution in [0, 0.1) is 5.41 Å². The highest BCUT2D eigenvalue weighted by atomic mass is 16.5. The fraction of sp³-hybridized carbons (Fsp3) is 1.00. The Kier molecular flexibility index (Phi) is 2.55. The minimum atomic E-state index is -0.167. The molecule has 1 saturated carbocycles. The predicted molar refractivity (Wildman–Crippen MR) is 44.4 cm³/mol. The Morgan fingerprint density at radius 2 is 2.00 bits per heavy atom. The fourth-order valence-corrected chi connectivity index (χ4v) is 1.61. The summed E-state index contributed by atoms with van der Waals surface area (Å²) in [6, 6.07) is 0. The van der Waals surface area contributed by atoms with E-state index in [9.17, 15) is 5.11 Å². The summed E-state index contributed by atoms with van der Waals surface area (Å²) in [7, 11) is 1.72. The molecule has 0 aliphatic heterocycles. The fourth-order valence-electron chi connectivity index (χ4n) is 1.61. The first-order chi connectivity index (χ1) is 5.10. The van der Waals surface area contributed by atoms with Crippen molar-refractivity contribution >= 4 is 0 Å². The van der Waals surface area contributed by atoms with Gasteiger partial charge in [-0.1, -0.05) is 0 Å². The van der Waals surface area contributed by atoms with Crippen LogP contribution in [0.2, 0.25) is 0 Å². The third-order valence-electron chi connectivity index (χ3n) is 2.87. The summed E-state index contributed by atoms with van der Waals surface area (Å²) in [6.07, 6.45) is 3.45. The lowest BCUT2D eigenvalue weighted by molar-refractivity contribution is 0.0416. The van der Waals surface area contributed by atoms with Crippen molar-refractivity contribution in [3.05, 3.63) is 0 Å². The molecule has 0 aromatic rings. The van der Waals surface area contributed by atoms with Crippen LogP contribution in [0.4, 0.5) is 0 Å². The van der Waals surface area contributed by atoms with Crippen molar-refractivity contribution < 1.29 is 9.84 Å². The van der Waals surface area contributed by atoms with Crippen molar-refractivity contribution in [2.24, 2.45) is 5.41 Å². The van der Waals surface area contributed by atoms with Crippen LogP contribution < -0.4 is 0 Å². The van der Waals surface area contributed by atoms with Crippen LogP contribution in [0.3, 0.4) is 0 Å². The quantitative estimate of drug-likeness (QED) is 0.673. The minimum Gasteiger partial charge on any atom is -0.393 e. The highest BCUT2D eigenvalue weighted by Crippen LogP contribution is 2.52. The van der Waals surface area contributed by atoms with Gasteiger partial charge in [-0.05, 0) is 38.5 Å². The predicted octanol–water partition coefficient (Wildman–Crippen LogP) is 1.57. The first kappa shape index (κ1) is 9.01. The maximum Gasteiger partial charge on any atom is 0.0569 e. The molecule has 2 heteroatoms. The first-order valence-corrected chi connectivity index (χ1v) is 4.31. The molecule has 66 valence electrons. The molecule has 0 saturated heterocycles. The smallest absolute Gasteiger partial charge is 0.0569 e. The van der Waals surface area contributed by atoms with E-state index >= 15 is 0 Å². The maximum absolute atomic E-state index is 9.43. The SMILES string of the molecule is COC(C)CC1(C(C)O)CC1. The first-order valence-electron chi connectivity index (χ1n) is 4.31. The standard InChI is InChI=1S/C9H18O2/c1-7(11-3)6-9(4-5-9)8(2)10/h7-8,10H,4-6H2,1-3H3. The van der Waals surface area contributed by atoms with Gasteiger partial charge in [-0.3, -0.25) is 0 Å². The van der Waals surface area contributed by atoms with Gasteiger partial charge in [-0.25, -0.2) is 0 Å². The second-order valence-corrected chi connectivity index (χ2v) is 3.79. The molecule has 11 heavy (non-hydrogen) atoms. The van der Waals surface area contributed by atoms with E-state index in [-0.39, 0.29) is 17.6 Å². The molecule has 1 fully saturated rings. The van der Waals surface area contributed by atoms with Crippen LogP contribution in [0.15, 0.2) is 0 Å². The van der Waals surface area contributed by atoms with Crippen LogP contribution in [0.1, 0.15) is 33.1 Å². The monoisotopic (exact) mass is 158 g/mol. The minimum absolute atomic E-state index is 0.167. The second-order valence-electron chi connectivity index (χ2n) is 3.79. The molecule has 2 nitrogen and oxygen atoms in total. The van der Waals surface area contributed by atoms with Gasteiger partial charge in [0.25, 0.3) is 0 Å². The van der Waals surface area contributed by atoms with Crippen molar-refractivity contribution in [1.82, 2.24) is 0 Å². The van der Waals surface area contributed by atoms with E-state index in [1.165, 1.54) is 12.8 Å². The molecule has 0 spiro atoms. The van der Waals surface area contributed by atoms with Gasteiger partial charge >= 0.3 is 0 Å². The van der Waals surface area contributed by atoms with Gasteiger partial charge in [-0.15, -0.1) is 0 Å². The lowest BCUT2D eigenvalue weighted by Gasteiger charge is -2.21. The van der Waals surface area contributed by atoms with Gasteiger partial charge in [0.15, 0.2) is 0 Å². The van der Waals surface area contributed by atoms with E-state index < -0.39 is 0 Å². The van der Waals surface area contributed by atoms with Gasteiger partial charge in [0, 0.05) is 7.11 Å². The van der Waals surface area contributed by atoms with Gasteiger partial charge in [0.2, 0.25) is 0 Å². The zero-order valence-electron chi connectivity index (χ0n) is 7.63. The van der Waals surface area contributed by atoms with E-state index in [0.29, 0.717) is 0 Å². The average Bonchev–Trinajstić information content (AvgIpc) is 2.69. The van der Waals surface area contributed by atoms with Crippen LogP contribution in [-0.4, -0.2) is 24.4 Å². The molecule has 0 amide bonds. The van der Waals surface area contributed by atoms with Crippen LogP contribution in [0.5, 0.6) is 0 Å². The van der Waals surface area contributed by atoms with Gasteiger partial charge in [0.05, 0.1) is 12.2 Å². The zero-order valence-corrected chi connectivity index (χ0v) is 7.63. The molecule has 0 bridgehead atoms. The van der Waals surface area contributed by atoms with E-state index in [1.807, 2.05) is 6.92 Å². The molecular formula is C9H18O2. The van der Waals surface area contributed by atoms with Gasteiger partial charge in [0.1, 0.15) is 0 Å². The summed E-state index contributed by atoms with van der Waals surface area (Å²) in [4.78, 5) is 0. The van der Waals surface area contributed by atoms with Crippen molar-refractivity contribution in [3.8, 4) is 0 Å². The lowest BCUT2D eigenvalue weighted by atomic mass is 9.93. The molecule has 2 atom stereocenters. The third-order valence-corrected chi connectivity index (χ3v) is 2.87. The van der Waals surface area contributed by atoms with Crippen molar-refractivity contribution in [2.75, 3.05) is 7.11 Å². The molecule has 1 aliphatic rings. The third kappa shape index (κ3) is 1.94. The van der Waals surface area contributed by atoms with E-state index in [4.69, 9.17) is 4.74 Å². The van der Waals surface area contributed by atoms with Gasteiger partial charge in [-0.2, -0.15) is 0 Å². The van der Waals surface area contributed by atoms with Crippen molar-refractivity contribution in [3.63, 3.8) is 0 Å². The molecule has 0 aromatic heterocycles. The Morgan fingerprint density at radius 3 is 2.27 bits per heavy atom. The zero-order chi connectivity index (χ0) is 8.48. The van der Waals surface area contributed by atoms with Crippen LogP contribution in [0.25, 0.3) is 0 Å². The van der Waals surface area contributed by atoms with Gasteiger partial charge < -0.3 is 9.84 Å². The number of hydrogen-bond donors (Lipinski definition) is 1. The van der Waals surface area contributed by atoms with E-state index in [0.717, 1.165) is 6.42 Å². The summed E-state index contributed by atoms with van der Waals surface area (Å²) in [5.74, 6) is 0. The Morgan fingerprint density at radius 1 is 1.45 bits per heavy atom. The molecule has 0 aromatic carbocycles. The molecule has 2 unspecified atom stereocenters. The number of ether oxygens (including phenoxy) is 1. The number of methoxy groups -OCH3 is 1. The molecule has 0 radical (unpaired) electrons. The highest BCUT2D eigenvalue weighted by molar-refractivity contribution is 4.98. The number of aliphatic hydroxyl groups is 1. The van der Waals surface area contributed by atoms with E-state index in [1.54, 1.807) is 7.11 Å². The summed E-state index contributed by atoms with van der Waals surface area (Å²) in [5.41, 5.74) is 0.204. The average molecular weight is 158 g/mol. The van der Waals surface area contributed by atoms with Crippen molar-refractivity contribution in [1.29, 1.82) is 0 Å². The molecule has 1 rings (SSSR count). The molecule has 1 N–H and O–H groups in total.